The second-order valence-electron chi connectivity index (χ2n) is 7.34. The van der Waals surface area contributed by atoms with Gasteiger partial charge in [-0.15, -0.1) is 0 Å². The van der Waals surface area contributed by atoms with Crippen LogP contribution in [0.25, 0.3) is 11.1 Å². The molecule has 1 aliphatic carbocycles. The molecule has 2 aromatic carbocycles. The number of halogens is 1. The standard InChI is InChI=1S/C23H26FN/c1-2-17-3-5-18(6-4-17)7-8-19-9-12-21(13-10-19)22-14-11-20(16-25)15-23(22)24/h9-15,17-18H,2-8H2,1H3. The number of aryl methyl sites for hydroxylation is 1. The first-order valence-corrected chi connectivity index (χ1v) is 9.48. The molecule has 0 saturated heterocycles. The molecule has 1 saturated carbocycles. The SMILES string of the molecule is CCC1CCC(CCc2ccc(-c3ccc(C#N)cc3F)cc2)CC1. The predicted octanol–water partition coefficient (Wildman–Crippen LogP) is 6.51. The highest BCUT2D eigenvalue weighted by Gasteiger charge is 2.19. The number of hydrogen-bond acceptors (Lipinski definition) is 1. The smallest absolute Gasteiger partial charge is 0.132 e. The number of rotatable bonds is 5. The lowest BCUT2D eigenvalue weighted by Gasteiger charge is -2.27. The van der Waals surface area contributed by atoms with Gasteiger partial charge in [0.05, 0.1) is 11.6 Å². The van der Waals surface area contributed by atoms with Crippen LogP contribution in [0.4, 0.5) is 4.39 Å². The van der Waals surface area contributed by atoms with Crippen LogP contribution in [0.1, 0.15) is 56.6 Å². The third-order valence-corrected chi connectivity index (χ3v) is 5.75. The van der Waals surface area contributed by atoms with Gasteiger partial charge in [-0.3, -0.25) is 0 Å². The minimum absolute atomic E-state index is 0.334. The molecule has 1 nitrogen and oxygen atoms in total. The topological polar surface area (TPSA) is 23.8 Å². The zero-order chi connectivity index (χ0) is 17.6. The van der Waals surface area contributed by atoms with Crippen molar-refractivity contribution in [3.8, 4) is 17.2 Å². The van der Waals surface area contributed by atoms with E-state index in [4.69, 9.17) is 5.26 Å². The largest absolute Gasteiger partial charge is 0.206 e. The lowest BCUT2D eigenvalue weighted by Crippen LogP contribution is -2.14. The van der Waals surface area contributed by atoms with E-state index >= 15 is 0 Å². The van der Waals surface area contributed by atoms with Crippen LogP contribution in [0, 0.1) is 29.0 Å². The molecule has 2 aromatic rings. The highest BCUT2D eigenvalue weighted by atomic mass is 19.1. The second kappa shape index (κ2) is 8.30. The first-order chi connectivity index (χ1) is 12.2. The molecule has 0 spiro atoms. The van der Waals surface area contributed by atoms with Crippen LogP contribution in [-0.2, 0) is 6.42 Å². The molecule has 2 heteroatoms. The average molecular weight is 335 g/mol. The zero-order valence-corrected chi connectivity index (χ0v) is 15.0. The van der Waals surface area contributed by atoms with Gasteiger partial charge in [0.2, 0.25) is 0 Å². The van der Waals surface area contributed by atoms with Gasteiger partial charge in [-0.2, -0.15) is 5.26 Å². The molecule has 1 aliphatic rings. The van der Waals surface area contributed by atoms with Crippen molar-refractivity contribution in [2.45, 2.75) is 51.9 Å². The van der Waals surface area contributed by atoms with E-state index < -0.39 is 0 Å². The molecule has 0 N–H and O–H groups in total. The van der Waals surface area contributed by atoms with E-state index in [1.807, 2.05) is 18.2 Å². The zero-order valence-electron chi connectivity index (χ0n) is 15.0. The summed E-state index contributed by atoms with van der Waals surface area (Å²) in [7, 11) is 0. The van der Waals surface area contributed by atoms with Gasteiger partial charge in [0.15, 0.2) is 0 Å². The van der Waals surface area contributed by atoms with Crippen molar-refractivity contribution in [2.75, 3.05) is 0 Å². The minimum atomic E-state index is -0.334. The van der Waals surface area contributed by atoms with E-state index in [1.165, 1.54) is 50.2 Å². The van der Waals surface area contributed by atoms with Crippen molar-refractivity contribution in [1.82, 2.24) is 0 Å². The Labute approximate surface area is 150 Å². The molecular formula is C23H26FN. The van der Waals surface area contributed by atoms with Crippen LogP contribution >= 0.6 is 0 Å². The van der Waals surface area contributed by atoms with Gasteiger partial charge in [-0.05, 0) is 47.9 Å². The molecule has 0 atom stereocenters. The summed E-state index contributed by atoms with van der Waals surface area (Å²) in [5.74, 6) is 1.50. The van der Waals surface area contributed by atoms with Crippen molar-refractivity contribution < 1.29 is 4.39 Å². The Hall–Kier alpha value is -2.14. The summed E-state index contributed by atoms with van der Waals surface area (Å²) < 4.78 is 14.1. The molecule has 0 unspecified atom stereocenters. The van der Waals surface area contributed by atoms with E-state index in [1.54, 1.807) is 12.1 Å². The summed E-state index contributed by atoms with van der Waals surface area (Å²) in [6.45, 7) is 2.31. The predicted molar refractivity (Wildman–Crippen MR) is 101 cm³/mol. The van der Waals surface area contributed by atoms with E-state index in [0.29, 0.717) is 11.1 Å². The van der Waals surface area contributed by atoms with E-state index in [9.17, 15) is 4.39 Å². The van der Waals surface area contributed by atoms with Crippen LogP contribution in [-0.4, -0.2) is 0 Å². The number of nitrogens with zero attached hydrogens (tertiary/aromatic N) is 1. The van der Waals surface area contributed by atoms with Crippen LogP contribution < -0.4 is 0 Å². The Kier molecular flexibility index (Phi) is 5.87. The number of benzene rings is 2. The molecule has 25 heavy (non-hydrogen) atoms. The van der Waals surface area contributed by atoms with Crippen molar-refractivity contribution in [3.63, 3.8) is 0 Å². The maximum atomic E-state index is 14.1. The van der Waals surface area contributed by atoms with Crippen LogP contribution in [0.2, 0.25) is 0 Å². The molecule has 0 radical (unpaired) electrons. The monoisotopic (exact) mass is 335 g/mol. The molecule has 0 heterocycles. The highest BCUT2D eigenvalue weighted by molar-refractivity contribution is 5.65. The number of hydrogen-bond donors (Lipinski definition) is 0. The van der Waals surface area contributed by atoms with Crippen molar-refractivity contribution in [2.24, 2.45) is 11.8 Å². The Balaban J connectivity index is 1.58. The van der Waals surface area contributed by atoms with E-state index in [2.05, 4.69) is 19.1 Å². The minimum Gasteiger partial charge on any atom is -0.206 e. The summed E-state index contributed by atoms with van der Waals surface area (Å²) >= 11 is 0. The van der Waals surface area contributed by atoms with E-state index in [-0.39, 0.29) is 5.82 Å². The van der Waals surface area contributed by atoms with Gasteiger partial charge in [0.25, 0.3) is 0 Å². The van der Waals surface area contributed by atoms with Crippen molar-refractivity contribution in [1.29, 1.82) is 5.26 Å². The third-order valence-electron chi connectivity index (χ3n) is 5.75. The molecule has 0 amide bonds. The van der Waals surface area contributed by atoms with Crippen molar-refractivity contribution in [3.05, 3.63) is 59.4 Å². The van der Waals surface area contributed by atoms with Gasteiger partial charge in [0.1, 0.15) is 5.82 Å². The Morgan fingerprint density at radius 3 is 2.28 bits per heavy atom. The molecular weight excluding hydrogens is 309 g/mol. The normalized spacial score (nSPS) is 20.2. The Morgan fingerprint density at radius 2 is 1.68 bits per heavy atom. The van der Waals surface area contributed by atoms with Crippen molar-refractivity contribution >= 4 is 0 Å². The fourth-order valence-electron chi connectivity index (χ4n) is 3.97. The third kappa shape index (κ3) is 4.48. The lowest BCUT2D eigenvalue weighted by atomic mass is 9.78. The molecule has 0 aromatic heterocycles. The summed E-state index contributed by atoms with van der Waals surface area (Å²) in [6.07, 6.45) is 9.27. The molecule has 130 valence electrons. The maximum Gasteiger partial charge on any atom is 0.132 e. The highest BCUT2D eigenvalue weighted by Crippen LogP contribution is 2.33. The second-order valence-corrected chi connectivity index (χ2v) is 7.34. The fourth-order valence-corrected chi connectivity index (χ4v) is 3.97. The summed E-state index contributed by atoms with van der Waals surface area (Å²) in [6, 6.07) is 14.8. The quantitative estimate of drug-likeness (QED) is 0.610. The molecule has 1 fully saturated rings. The lowest BCUT2D eigenvalue weighted by molar-refractivity contribution is 0.259. The van der Waals surface area contributed by atoms with Gasteiger partial charge in [-0.1, -0.05) is 69.4 Å². The summed E-state index contributed by atoms with van der Waals surface area (Å²) in [5.41, 5.74) is 3.11. The van der Waals surface area contributed by atoms with Gasteiger partial charge in [-0.25, -0.2) is 4.39 Å². The maximum absolute atomic E-state index is 14.1. The molecule has 0 bridgehead atoms. The van der Waals surface area contributed by atoms with Gasteiger partial charge < -0.3 is 0 Å². The van der Waals surface area contributed by atoms with Gasteiger partial charge in [0, 0.05) is 5.56 Å². The van der Waals surface area contributed by atoms with Crippen LogP contribution in [0.3, 0.4) is 0 Å². The molecule has 0 aliphatic heterocycles. The summed E-state index contributed by atoms with van der Waals surface area (Å²) in [5, 5.41) is 8.84. The first kappa shape index (κ1) is 17.7. The van der Waals surface area contributed by atoms with Gasteiger partial charge >= 0.3 is 0 Å². The molecule has 3 rings (SSSR count). The Bertz CT molecular complexity index is 734. The first-order valence-electron chi connectivity index (χ1n) is 9.48. The average Bonchev–Trinajstić information content (AvgIpc) is 2.67. The number of nitriles is 1. The van der Waals surface area contributed by atoms with E-state index in [0.717, 1.165) is 23.8 Å². The van der Waals surface area contributed by atoms with Crippen LogP contribution in [0.5, 0.6) is 0 Å². The fraction of sp³-hybridized carbons (Fsp3) is 0.435. The Morgan fingerprint density at radius 1 is 1.00 bits per heavy atom. The van der Waals surface area contributed by atoms with Crippen LogP contribution in [0.15, 0.2) is 42.5 Å². The summed E-state index contributed by atoms with van der Waals surface area (Å²) in [4.78, 5) is 0.